The molecular weight excluding hydrogens is 458 g/mol. The molecule has 0 aliphatic carbocycles. The van der Waals surface area contributed by atoms with Gasteiger partial charge in [-0.2, -0.15) is 0 Å². The first-order valence-electron chi connectivity index (χ1n) is 10.8. The Labute approximate surface area is 200 Å². The third-order valence-electron chi connectivity index (χ3n) is 5.85. The molecule has 1 aliphatic heterocycles. The Kier molecular flexibility index (Phi) is 7.02. The number of hydrogen-bond donors (Lipinski definition) is 0. The van der Waals surface area contributed by atoms with Crippen molar-refractivity contribution in [2.45, 2.75) is 11.4 Å². The van der Waals surface area contributed by atoms with Crippen LogP contribution in [0.4, 0.5) is 5.69 Å². The van der Waals surface area contributed by atoms with E-state index in [9.17, 15) is 13.2 Å². The fraction of sp³-hybridized carbons (Fsp3) is 0.240. The van der Waals surface area contributed by atoms with Crippen molar-refractivity contribution in [2.75, 3.05) is 37.5 Å². The largest absolute Gasteiger partial charge is 0.336 e. The van der Waals surface area contributed by atoms with Gasteiger partial charge in [0, 0.05) is 39.8 Å². The molecule has 1 amide bonds. The van der Waals surface area contributed by atoms with E-state index in [0.717, 1.165) is 19.6 Å². The average Bonchev–Trinajstić information content (AvgIpc) is 2.85. The van der Waals surface area contributed by atoms with Crippen LogP contribution < -0.4 is 4.31 Å². The fourth-order valence-electron chi connectivity index (χ4n) is 3.88. The smallest absolute Gasteiger partial charge is 0.264 e. The Balaban J connectivity index is 1.48. The molecule has 0 unspecified atom stereocenters. The molecular formula is C25H26ClN3O3S. The molecule has 1 fully saturated rings. The van der Waals surface area contributed by atoms with Crippen LogP contribution in [0.25, 0.3) is 0 Å². The van der Waals surface area contributed by atoms with Crippen LogP contribution in [0, 0.1) is 0 Å². The lowest BCUT2D eigenvalue weighted by atomic mass is 10.1. The van der Waals surface area contributed by atoms with Crippen molar-refractivity contribution < 1.29 is 13.2 Å². The zero-order valence-corrected chi connectivity index (χ0v) is 20.0. The van der Waals surface area contributed by atoms with Crippen LogP contribution >= 0.6 is 11.6 Å². The van der Waals surface area contributed by atoms with Crippen molar-refractivity contribution in [1.29, 1.82) is 0 Å². The predicted molar refractivity (Wildman–Crippen MR) is 131 cm³/mol. The van der Waals surface area contributed by atoms with Gasteiger partial charge in [0.1, 0.15) is 0 Å². The van der Waals surface area contributed by atoms with Gasteiger partial charge in [0.05, 0.1) is 21.2 Å². The van der Waals surface area contributed by atoms with Crippen LogP contribution in [0.2, 0.25) is 5.02 Å². The first-order valence-corrected chi connectivity index (χ1v) is 12.6. The summed E-state index contributed by atoms with van der Waals surface area (Å²) in [5, 5.41) is 0.244. The Bertz CT molecular complexity index is 1210. The SMILES string of the molecule is CN(c1ccccc1)S(=O)(=O)c1ccc(Cl)c(C(=O)N2CCN(Cc3ccccc3)CC2)c1. The van der Waals surface area contributed by atoms with Crippen molar-refractivity contribution in [2.24, 2.45) is 0 Å². The molecule has 0 radical (unpaired) electrons. The molecule has 3 aromatic rings. The lowest BCUT2D eigenvalue weighted by Crippen LogP contribution is -2.48. The molecule has 1 heterocycles. The zero-order chi connectivity index (χ0) is 23.4. The number of nitrogens with zero attached hydrogens (tertiary/aromatic N) is 3. The minimum Gasteiger partial charge on any atom is -0.336 e. The average molecular weight is 484 g/mol. The van der Waals surface area contributed by atoms with E-state index in [-0.39, 0.29) is 21.4 Å². The molecule has 0 aromatic heterocycles. The van der Waals surface area contributed by atoms with Crippen molar-refractivity contribution >= 4 is 33.2 Å². The lowest BCUT2D eigenvalue weighted by molar-refractivity contribution is 0.0628. The van der Waals surface area contributed by atoms with Crippen LogP contribution in [-0.2, 0) is 16.6 Å². The summed E-state index contributed by atoms with van der Waals surface area (Å²) < 4.78 is 27.5. The van der Waals surface area contributed by atoms with Crippen molar-refractivity contribution in [3.8, 4) is 0 Å². The predicted octanol–water partition coefficient (Wildman–Crippen LogP) is 4.12. The van der Waals surface area contributed by atoms with Gasteiger partial charge in [-0.1, -0.05) is 60.1 Å². The number of piperazine rings is 1. The molecule has 0 N–H and O–H groups in total. The second-order valence-corrected chi connectivity index (χ2v) is 10.4. The van der Waals surface area contributed by atoms with Gasteiger partial charge in [0.2, 0.25) is 0 Å². The highest BCUT2D eigenvalue weighted by Gasteiger charge is 2.27. The van der Waals surface area contributed by atoms with Crippen LogP contribution in [0.5, 0.6) is 0 Å². The Morgan fingerprint density at radius 2 is 1.52 bits per heavy atom. The van der Waals surface area contributed by atoms with E-state index >= 15 is 0 Å². The standard InChI is InChI=1S/C25H26ClN3O3S/c1-27(21-10-6-3-7-11-21)33(31,32)22-12-13-24(26)23(18-22)25(30)29-16-14-28(15-17-29)19-20-8-4-2-5-9-20/h2-13,18H,14-17,19H2,1H3. The van der Waals surface area contributed by atoms with E-state index in [4.69, 9.17) is 11.6 Å². The molecule has 4 rings (SSSR count). The van der Waals surface area contributed by atoms with Gasteiger partial charge >= 0.3 is 0 Å². The number of anilines is 1. The minimum absolute atomic E-state index is 0.0318. The Hall–Kier alpha value is -2.87. The zero-order valence-electron chi connectivity index (χ0n) is 18.4. The number of benzene rings is 3. The van der Waals surface area contributed by atoms with Crippen molar-refractivity contribution in [3.05, 3.63) is 95.0 Å². The minimum atomic E-state index is -3.84. The molecule has 3 aromatic carbocycles. The van der Waals surface area contributed by atoms with Crippen molar-refractivity contribution in [1.82, 2.24) is 9.80 Å². The molecule has 0 atom stereocenters. The monoisotopic (exact) mass is 483 g/mol. The van der Waals surface area contributed by atoms with E-state index in [1.807, 2.05) is 24.3 Å². The number of carbonyl (C=O) groups is 1. The number of amides is 1. The van der Waals surface area contributed by atoms with Crippen LogP contribution in [0.15, 0.2) is 83.8 Å². The molecule has 0 bridgehead atoms. The van der Waals surface area contributed by atoms with Gasteiger partial charge in [-0.3, -0.25) is 14.0 Å². The lowest BCUT2D eigenvalue weighted by Gasteiger charge is -2.35. The van der Waals surface area contributed by atoms with Gasteiger partial charge in [-0.25, -0.2) is 8.42 Å². The summed E-state index contributed by atoms with van der Waals surface area (Å²) in [6.45, 7) is 3.44. The number of halogens is 1. The van der Waals surface area contributed by atoms with Gasteiger partial charge in [-0.05, 0) is 35.9 Å². The third-order valence-corrected chi connectivity index (χ3v) is 7.97. The molecule has 0 saturated carbocycles. The summed E-state index contributed by atoms with van der Waals surface area (Å²) in [7, 11) is -2.35. The summed E-state index contributed by atoms with van der Waals surface area (Å²) in [6.07, 6.45) is 0. The van der Waals surface area contributed by atoms with E-state index < -0.39 is 10.0 Å². The molecule has 1 aliphatic rings. The summed E-state index contributed by atoms with van der Waals surface area (Å²) in [4.78, 5) is 17.3. The van der Waals surface area contributed by atoms with Gasteiger partial charge in [0.25, 0.3) is 15.9 Å². The maximum Gasteiger partial charge on any atom is 0.264 e. The number of hydrogen-bond acceptors (Lipinski definition) is 4. The van der Waals surface area contributed by atoms with Gasteiger partial charge < -0.3 is 4.90 Å². The van der Waals surface area contributed by atoms with Crippen LogP contribution in [-0.4, -0.2) is 57.4 Å². The van der Waals surface area contributed by atoms with Crippen LogP contribution in [0.1, 0.15) is 15.9 Å². The summed E-state index contributed by atoms with van der Waals surface area (Å²) >= 11 is 6.33. The third kappa shape index (κ3) is 5.21. The summed E-state index contributed by atoms with van der Waals surface area (Å²) in [5.74, 6) is -0.251. The van der Waals surface area contributed by atoms with E-state index in [1.54, 1.807) is 29.2 Å². The maximum absolute atomic E-state index is 13.2. The van der Waals surface area contributed by atoms with Gasteiger partial charge in [-0.15, -0.1) is 0 Å². The second kappa shape index (κ2) is 9.95. The molecule has 172 valence electrons. The molecule has 6 nitrogen and oxygen atoms in total. The highest BCUT2D eigenvalue weighted by atomic mass is 35.5. The molecule has 33 heavy (non-hydrogen) atoms. The first-order chi connectivity index (χ1) is 15.9. The number of para-hydroxylation sites is 1. The number of carbonyl (C=O) groups excluding carboxylic acids is 1. The van der Waals surface area contributed by atoms with Crippen molar-refractivity contribution in [3.63, 3.8) is 0 Å². The fourth-order valence-corrected chi connectivity index (χ4v) is 5.31. The number of sulfonamides is 1. The maximum atomic E-state index is 13.2. The van der Waals surface area contributed by atoms with E-state index in [1.165, 1.54) is 35.1 Å². The highest BCUT2D eigenvalue weighted by Crippen LogP contribution is 2.27. The van der Waals surface area contributed by atoms with Crippen LogP contribution in [0.3, 0.4) is 0 Å². The molecule has 1 saturated heterocycles. The van der Waals surface area contributed by atoms with Gasteiger partial charge in [0.15, 0.2) is 0 Å². The van der Waals surface area contributed by atoms with E-state index in [2.05, 4.69) is 17.0 Å². The topological polar surface area (TPSA) is 60.9 Å². The summed E-state index contributed by atoms with van der Waals surface area (Å²) in [5.41, 5.74) is 1.98. The summed E-state index contributed by atoms with van der Waals surface area (Å²) in [6, 6.07) is 23.3. The molecule has 0 spiro atoms. The molecule has 8 heteroatoms. The second-order valence-electron chi connectivity index (χ2n) is 8.00. The Morgan fingerprint density at radius 1 is 0.909 bits per heavy atom. The normalized spacial score (nSPS) is 14.8. The van der Waals surface area contributed by atoms with E-state index in [0.29, 0.717) is 18.8 Å². The first kappa shape index (κ1) is 23.3. The quantitative estimate of drug-likeness (QED) is 0.529. The number of rotatable bonds is 6. The Morgan fingerprint density at radius 3 is 2.15 bits per heavy atom. The highest BCUT2D eigenvalue weighted by molar-refractivity contribution is 7.92.